The van der Waals surface area contributed by atoms with Crippen LogP contribution >= 0.6 is 11.6 Å². The maximum absolute atomic E-state index is 12.0. The molecule has 2 rings (SSSR count). The molecule has 0 heterocycles. The lowest BCUT2D eigenvalue weighted by Crippen LogP contribution is -2.32. The van der Waals surface area contributed by atoms with Crippen LogP contribution in [-0.4, -0.2) is 37.5 Å². The highest BCUT2D eigenvalue weighted by molar-refractivity contribution is 6.30. The molecule has 0 saturated carbocycles. The number of likely N-dealkylation sites (N-methyl/N-ethyl adjacent to an activating group) is 2. The Morgan fingerprint density at radius 2 is 1.62 bits per heavy atom. The van der Waals surface area contributed by atoms with Crippen LogP contribution in [0.25, 0.3) is 0 Å². The van der Waals surface area contributed by atoms with Gasteiger partial charge in [-0.1, -0.05) is 35.9 Å². The fraction of sp³-hybridized carbons (Fsp3) is 0.263. The largest absolute Gasteiger partial charge is 0.358 e. The van der Waals surface area contributed by atoms with Gasteiger partial charge in [0, 0.05) is 30.8 Å². The van der Waals surface area contributed by atoms with Crippen LogP contribution in [0.4, 0.5) is 10.5 Å². The molecule has 2 aromatic rings. The summed E-state index contributed by atoms with van der Waals surface area (Å²) in [5, 5.41) is 8.85. The van der Waals surface area contributed by atoms with E-state index in [0.717, 1.165) is 11.1 Å². The third-order valence-electron chi connectivity index (χ3n) is 3.72. The zero-order chi connectivity index (χ0) is 18.9. The number of nitrogens with one attached hydrogen (secondary N) is 3. The fourth-order valence-corrected chi connectivity index (χ4v) is 2.47. The Kier molecular flexibility index (Phi) is 7.44. The number of nitrogens with zero attached hydrogens (tertiary/aromatic N) is 1. The molecule has 0 spiro atoms. The van der Waals surface area contributed by atoms with E-state index in [2.05, 4.69) is 16.0 Å². The Hall–Kier alpha value is -2.57. The second-order valence-corrected chi connectivity index (χ2v) is 6.41. The van der Waals surface area contributed by atoms with Crippen molar-refractivity contribution < 1.29 is 9.59 Å². The van der Waals surface area contributed by atoms with Crippen LogP contribution in [0.1, 0.15) is 11.1 Å². The van der Waals surface area contributed by atoms with Crippen LogP contribution in [0.2, 0.25) is 5.02 Å². The first-order valence-corrected chi connectivity index (χ1v) is 8.61. The lowest BCUT2D eigenvalue weighted by Gasteiger charge is -2.16. The smallest absolute Gasteiger partial charge is 0.319 e. The van der Waals surface area contributed by atoms with Crippen LogP contribution in [0.3, 0.4) is 0 Å². The molecule has 0 aliphatic carbocycles. The molecule has 0 aliphatic rings. The van der Waals surface area contributed by atoms with Crippen molar-refractivity contribution in [2.24, 2.45) is 0 Å². The normalized spacial score (nSPS) is 10.5. The van der Waals surface area contributed by atoms with Gasteiger partial charge in [0.2, 0.25) is 5.91 Å². The van der Waals surface area contributed by atoms with Crippen molar-refractivity contribution in [3.63, 3.8) is 0 Å². The minimum Gasteiger partial charge on any atom is -0.358 e. The number of carbonyl (C=O) groups is 2. The van der Waals surface area contributed by atoms with Gasteiger partial charge in [0.1, 0.15) is 0 Å². The lowest BCUT2D eigenvalue weighted by atomic mass is 10.2. The summed E-state index contributed by atoms with van der Waals surface area (Å²) in [5.74, 6) is -0.0249. The summed E-state index contributed by atoms with van der Waals surface area (Å²) < 4.78 is 0. The molecule has 7 heteroatoms. The summed E-state index contributed by atoms with van der Waals surface area (Å²) >= 11 is 5.84. The molecule has 6 nitrogen and oxygen atoms in total. The Balaban J connectivity index is 1.79. The van der Waals surface area contributed by atoms with Crippen molar-refractivity contribution in [1.82, 2.24) is 15.5 Å². The third kappa shape index (κ3) is 6.74. The zero-order valence-electron chi connectivity index (χ0n) is 14.9. The van der Waals surface area contributed by atoms with E-state index < -0.39 is 0 Å². The van der Waals surface area contributed by atoms with Gasteiger partial charge < -0.3 is 16.0 Å². The van der Waals surface area contributed by atoms with E-state index in [1.807, 2.05) is 48.3 Å². The van der Waals surface area contributed by atoms with Gasteiger partial charge in [-0.2, -0.15) is 0 Å². The standard InChI is InChI=1S/C19H23ClN4O2/c1-21-18(25)13-24(2)12-15-5-9-17(10-6-15)23-19(26)22-11-14-3-7-16(20)8-4-14/h3-10H,11-13H2,1-2H3,(H,21,25)(H2,22,23,26). The predicted molar refractivity (Wildman–Crippen MR) is 104 cm³/mol. The summed E-state index contributed by atoms with van der Waals surface area (Å²) in [6.07, 6.45) is 0. The molecule has 3 N–H and O–H groups in total. The van der Waals surface area contributed by atoms with Gasteiger partial charge in [-0.05, 0) is 42.4 Å². The highest BCUT2D eigenvalue weighted by Gasteiger charge is 2.06. The number of hydrogen-bond acceptors (Lipinski definition) is 3. The van der Waals surface area contributed by atoms with Crippen LogP contribution in [-0.2, 0) is 17.9 Å². The molecule has 0 fully saturated rings. The molecule has 2 aromatic carbocycles. The van der Waals surface area contributed by atoms with Gasteiger partial charge in [0.05, 0.1) is 6.54 Å². The minimum atomic E-state index is -0.274. The molecule has 0 saturated heterocycles. The van der Waals surface area contributed by atoms with Gasteiger partial charge >= 0.3 is 6.03 Å². The highest BCUT2D eigenvalue weighted by atomic mass is 35.5. The average Bonchev–Trinajstić information content (AvgIpc) is 2.62. The van der Waals surface area contributed by atoms with Crippen LogP contribution in [0.5, 0.6) is 0 Å². The fourth-order valence-electron chi connectivity index (χ4n) is 2.35. The molecule has 0 unspecified atom stereocenters. The second kappa shape index (κ2) is 9.79. The third-order valence-corrected chi connectivity index (χ3v) is 3.97. The van der Waals surface area contributed by atoms with Gasteiger partial charge in [-0.15, -0.1) is 0 Å². The Bertz CT molecular complexity index is 732. The summed E-state index contributed by atoms with van der Waals surface area (Å²) in [4.78, 5) is 25.2. The van der Waals surface area contributed by atoms with Crippen molar-refractivity contribution in [3.05, 3.63) is 64.7 Å². The van der Waals surface area contributed by atoms with Gasteiger partial charge in [0.25, 0.3) is 0 Å². The zero-order valence-corrected chi connectivity index (χ0v) is 15.6. The molecular formula is C19H23ClN4O2. The Morgan fingerprint density at radius 1 is 1.00 bits per heavy atom. The van der Waals surface area contributed by atoms with E-state index in [1.54, 1.807) is 19.2 Å². The van der Waals surface area contributed by atoms with Gasteiger partial charge in [-0.25, -0.2) is 4.79 Å². The highest BCUT2D eigenvalue weighted by Crippen LogP contribution is 2.12. The number of hydrogen-bond donors (Lipinski definition) is 3. The first-order chi connectivity index (χ1) is 12.5. The average molecular weight is 375 g/mol. The van der Waals surface area contributed by atoms with Crippen molar-refractivity contribution in [2.45, 2.75) is 13.1 Å². The summed E-state index contributed by atoms with van der Waals surface area (Å²) in [6.45, 7) is 1.41. The molecule has 26 heavy (non-hydrogen) atoms. The topological polar surface area (TPSA) is 73.5 Å². The summed E-state index contributed by atoms with van der Waals surface area (Å²) in [5.41, 5.74) is 2.74. The number of urea groups is 1. The number of benzene rings is 2. The molecule has 3 amide bonds. The quantitative estimate of drug-likeness (QED) is 0.697. The van der Waals surface area contributed by atoms with E-state index in [9.17, 15) is 9.59 Å². The van der Waals surface area contributed by atoms with E-state index in [0.29, 0.717) is 30.3 Å². The number of carbonyl (C=O) groups excluding carboxylic acids is 2. The second-order valence-electron chi connectivity index (χ2n) is 5.98. The number of rotatable bonds is 7. The van der Waals surface area contributed by atoms with Crippen LogP contribution < -0.4 is 16.0 Å². The number of amides is 3. The molecule has 0 bridgehead atoms. The van der Waals surface area contributed by atoms with Crippen molar-refractivity contribution in [1.29, 1.82) is 0 Å². The Labute approximate surface area is 158 Å². The van der Waals surface area contributed by atoms with E-state index in [-0.39, 0.29) is 11.9 Å². The monoisotopic (exact) mass is 374 g/mol. The SMILES string of the molecule is CNC(=O)CN(C)Cc1ccc(NC(=O)NCc2ccc(Cl)cc2)cc1. The number of anilines is 1. The molecule has 0 radical (unpaired) electrons. The maximum Gasteiger partial charge on any atom is 0.319 e. The summed E-state index contributed by atoms with van der Waals surface area (Å²) in [7, 11) is 3.50. The van der Waals surface area contributed by atoms with E-state index in [4.69, 9.17) is 11.6 Å². The van der Waals surface area contributed by atoms with Gasteiger partial charge in [0.15, 0.2) is 0 Å². The predicted octanol–water partition coefficient (Wildman–Crippen LogP) is 2.84. The summed E-state index contributed by atoms with van der Waals surface area (Å²) in [6, 6.07) is 14.6. The molecule has 0 atom stereocenters. The lowest BCUT2D eigenvalue weighted by molar-refractivity contribution is -0.121. The first kappa shape index (κ1) is 19.8. The molecular weight excluding hydrogens is 352 g/mol. The number of halogens is 1. The van der Waals surface area contributed by atoms with Crippen molar-refractivity contribution in [2.75, 3.05) is 26.0 Å². The molecule has 0 aromatic heterocycles. The maximum atomic E-state index is 12.0. The van der Waals surface area contributed by atoms with Crippen molar-refractivity contribution >= 4 is 29.2 Å². The first-order valence-electron chi connectivity index (χ1n) is 8.23. The van der Waals surface area contributed by atoms with Crippen LogP contribution in [0.15, 0.2) is 48.5 Å². The van der Waals surface area contributed by atoms with E-state index >= 15 is 0 Å². The van der Waals surface area contributed by atoms with E-state index in [1.165, 1.54) is 0 Å². The van der Waals surface area contributed by atoms with Crippen LogP contribution in [0, 0.1) is 0 Å². The molecule has 0 aliphatic heterocycles. The van der Waals surface area contributed by atoms with Crippen molar-refractivity contribution in [3.8, 4) is 0 Å². The minimum absolute atomic E-state index is 0.0249. The Morgan fingerprint density at radius 3 is 2.23 bits per heavy atom. The van der Waals surface area contributed by atoms with Gasteiger partial charge in [-0.3, -0.25) is 9.69 Å². The molecule has 138 valence electrons.